The van der Waals surface area contributed by atoms with Gasteiger partial charge >= 0.3 is 0 Å². The molecular weight excluding hydrogens is 282 g/mol. The van der Waals surface area contributed by atoms with Crippen LogP contribution in [0.4, 0.5) is 0 Å². The number of methoxy groups -OCH3 is 1. The molecule has 116 valence electrons. The first-order valence-electron chi connectivity index (χ1n) is 7.26. The summed E-state index contributed by atoms with van der Waals surface area (Å²) in [4.78, 5) is 18.6. The fourth-order valence-corrected chi connectivity index (χ4v) is 2.86. The van der Waals surface area contributed by atoms with Gasteiger partial charge in [0.25, 0.3) is 5.91 Å². The lowest BCUT2D eigenvalue weighted by atomic mass is 10.1. The molecule has 1 aromatic heterocycles. The number of hydrogen-bond donors (Lipinski definition) is 2. The number of ether oxygens (including phenoxy) is 1. The van der Waals surface area contributed by atoms with Crippen LogP contribution in [0.25, 0.3) is 10.9 Å². The van der Waals surface area contributed by atoms with E-state index in [2.05, 4.69) is 4.98 Å². The molecule has 0 spiro atoms. The lowest BCUT2D eigenvalue weighted by molar-refractivity contribution is 0.0715. The summed E-state index contributed by atoms with van der Waals surface area (Å²) in [5.74, 6) is 0.559. The Kier molecular flexibility index (Phi) is 3.96. The first-order chi connectivity index (χ1) is 10.6. The zero-order chi connectivity index (χ0) is 15.7. The van der Waals surface area contributed by atoms with Gasteiger partial charge in [0.05, 0.1) is 18.7 Å². The summed E-state index contributed by atoms with van der Waals surface area (Å²) in [5, 5.41) is 10.7. The molecule has 0 bridgehead atoms. The van der Waals surface area contributed by atoms with Crippen LogP contribution >= 0.6 is 0 Å². The number of rotatable bonds is 3. The molecule has 22 heavy (non-hydrogen) atoms. The largest absolute Gasteiger partial charge is 0.497 e. The zero-order valence-corrected chi connectivity index (χ0v) is 12.4. The van der Waals surface area contributed by atoms with E-state index >= 15 is 0 Å². The second-order valence-electron chi connectivity index (χ2n) is 5.49. The van der Waals surface area contributed by atoms with E-state index in [0.29, 0.717) is 25.2 Å². The fourth-order valence-electron chi connectivity index (χ4n) is 2.86. The van der Waals surface area contributed by atoms with Crippen LogP contribution in [0, 0.1) is 0 Å². The number of aliphatic hydroxyl groups excluding tert-OH is 1. The number of carbonyl (C=O) groups excluding carboxylic acids is 1. The van der Waals surface area contributed by atoms with E-state index < -0.39 is 6.10 Å². The number of carbonyl (C=O) groups is 1. The monoisotopic (exact) mass is 301 g/mol. The van der Waals surface area contributed by atoms with Gasteiger partial charge in [0.15, 0.2) is 0 Å². The third kappa shape index (κ3) is 2.63. The van der Waals surface area contributed by atoms with Gasteiger partial charge in [-0.05, 0) is 30.7 Å². The highest BCUT2D eigenvalue weighted by atomic mass is 16.5. The van der Waals surface area contributed by atoms with Gasteiger partial charge in [-0.1, -0.05) is 6.07 Å². The number of likely N-dealkylation sites (tertiary alicyclic amines) is 1. The van der Waals surface area contributed by atoms with E-state index in [0.717, 1.165) is 16.7 Å². The Morgan fingerprint density at radius 2 is 2.27 bits per heavy atom. The molecule has 6 heteroatoms. The molecule has 2 heterocycles. The van der Waals surface area contributed by atoms with Crippen molar-refractivity contribution < 1.29 is 14.6 Å². The fraction of sp³-hybridized carbons (Fsp3) is 0.375. The summed E-state index contributed by atoms with van der Waals surface area (Å²) in [6.07, 6.45) is 0.00902. The number of aromatic nitrogens is 1. The van der Waals surface area contributed by atoms with Gasteiger partial charge in [-0.25, -0.2) is 4.98 Å². The van der Waals surface area contributed by atoms with Gasteiger partial charge in [0, 0.05) is 24.5 Å². The lowest BCUT2D eigenvalue weighted by Crippen LogP contribution is -2.40. The molecule has 6 nitrogen and oxygen atoms in total. The Morgan fingerprint density at radius 3 is 3.00 bits per heavy atom. The van der Waals surface area contributed by atoms with Crippen LogP contribution in [0.5, 0.6) is 5.75 Å². The molecule has 1 amide bonds. The second kappa shape index (κ2) is 5.90. The molecule has 1 aliphatic rings. The smallest absolute Gasteiger partial charge is 0.272 e. The van der Waals surface area contributed by atoms with Crippen molar-refractivity contribution in [3.05, 3.63) is 36.0 Å². The summed E-state index contributed by atoms with van der Waals surface area (Å²) in [5.41, 5.74) is 6.78. The van der Waals surface area contributed by atoms with Crippen LogP contribution in [0.2, 0.25) is 0 Å². The van der Waals surface area contributed by atoms with Crippen LogP contribution in [0.1, 0.15) is 16.9 Å². The summed E-state index contributed by atoms with van der Waals surface area (Å²) in [6.45, 7) is 0.649. The highest BCUT2D eigenvalue weighted by Crippen LogP contribution is 2.22. The van der Waals surface area contributed by atoms with Crippen LogP contribution in [0.15, 0.2) is 30.3 Å². The minimum absolute atomic E-state index is 0.129. The molecular formula is C16H19N3O3. The average molecular weight is 301 g/mol. The number of fused-ring (bicyclic) bond motifs is 1. The normalized spacial score (nSPS) is 21.3. The van der Waals surface area contributed by atoms with E-state index in [4.69, 9.17) is 10.5 Å². The standard InChI is InChI=1S/C16H19N3O3/c1-22-13-3-5-14-10(6-13)2-4-15(18-14)16(21)19-9-12(20)7-11(19)8-17/h2-6,11-12,20H,7-9,17H2,1H3/t11-,12-/m1/s1. The molecule has 2 atom stereocenters. The van der Waals surface area contributed by atoms with Crippen molar-refractivity contribution >= 4 is 16.8 Å². The quantitative estimate of drug-likeness (QED) is 0.874. The third-order valence-electron chi connectivity index (χ3n) is 4.04. The second-order valence-corrected chi connectivity index (χ2v) is 5.49. The predicted molar refractivity (Wildman–Crippen MR) is 82.8 cm³/mol. The molecule has 3 rings (SSSR count). The van der Waals surface area contributed by atoms with Gasteiger partial charge in [-0.3, -0.25) is 4.79 Å². The van der Waals surface area contributed by atoms with Crippen LogP contribution < -0.4 is 10.5 Å². The molecule has 0 unspecified atom stereocenters. The zero-order valence-electron chi connectivity index (χ0n) is 12.4. The van der Waals surface area contributed by atoms with Gasteiger partial charge in [-0.2, -0.15) is 0 Å². The summed E-state index contributed by atoms with van der Waals surface area (Å²) in [6, 6.07) is 8.93. The number of aliphatic hydroxyl groups is 1. The molecule has 1 aromatic carbocycles. The number of nitrogens with zero attached hydrogens (tertiary/aromatic N) is 2. The summed E-state index contributed by atoms with van der Waals surface area (Å²) < 4.78 is 5.18. The van der Waals surface area contributed by atoms with Crippen molar-refractivity contribution in [3.63, 3.8) is 0 Å². The van der Waals surface area contributed by atoms with E-state index in [1.807, 2.05) is 24.3 Å². The number of pyridine rings is 1. The molecule has 0 radical (unpaired) electrons. The Balaban J connectivity index is 1.91. The van der Waals surface area contributed by atoms with Crippen molar-refractivity contribution in [2.24, 2.45) is 5.73 Å². The van der Waals surface area contributed by atoms with Crippen molar-refractivity contribution in [1.29, 1.82) is 0 Å². The Bertz CT molecular complexity index is 704. The summed E-state index contributed by atoms with van der Waals surface area (Å²) >= 11 is 0. The molecule has 1 fully saturated rings. The Hall–Kier alpha value is -2.18. The Morgan fingerprint density at radius 1 is 1.45 bits per heavy atom. The van der Waals surface area contributed by atoms with Crippen LogP contribution in [-0.2, 0) is 0 Å². The van der Waals surface area contributed by atoms with Gasteiger partial charge in [0.1, 0.15) is 11.4 Å². The molecule has 2 aromatic rings. The number of nitrogens with two attached hydrogens (primary N) is 1. The maximum Gasteiger partial charge on any atom is 0.272 e. The van der Waals surface area contributed by atoms with Gasteiger partial charge in [-0.15, -0.1) is 0 Å². The minimum atomic E-state index is -0.512. The van der Waals surface area contributed by atoms with Crippen LogP contribution in [-0.4, -0.2) is 53.2 Å². The minimum Gasteiger partial charge on any atom is -0.497 e. The molecule has 1 aliphatic heterocycles. The highest BCUT2D eigenvalue weighted by molar-refractivity contribution is 5.95. The molecule has 0 aliphatic carbocycles. The van der Waals surface area contributed by atoms with Crippen molar-refractivity contribution in [2.45, 2.75) is 18.6 Å². The Labute approximate surface area is 128 Å². The highest BCUT2D eigenvalue weighted by Gasteiger charge is 2.34. The number of β-amino-alcohol motifs (C(OH)–C–C–N with tert-alkyl or cyclic N) is 1. The predicted octanol–water partition coefficient (Wildman–Crippen LogP) is 0.777. The van der Waals surface area contributed by atoms with E-state index in [-0.39, 0.29) is 11.9 Å². The maximum atomic E-state index is 12.6. The maximum absolute atomic E-state index is 12.6. The topological polar surface area (TPSA) is 88.7 Å². The molecule has 0 saturated carbocycles. The van der Waals surface area contributed by atoms with E-state index in [9.17, 15) is 9.90 Å². The first-order valence-corrected chi connectivity index (χ1v) is 7.26. The number of hydrogen-bond acceptors (Lipinski definition) is 5. The third-order valence-corrected chi connectivity index (χ3v) is 4.04. The van der Waals surface area contributed by atoms with Crippen molar-refractivity contribution in [2.75, 3.05) is 20.2 Å². The average Bonchev–Trinajstić information content (AvgIpc) is 2.94. The summed E-state index contributed by atoms with van der Waals surface area (Å²) in [7, 11) is 1.61. The number of amides is 1. The van der Waals surface area contributed by atoms with Crippen LogP contribution in [0.3, 0.4) is 0 Å². The SMILES string of the molecule is COc1ccc2nc(C(=O)N3C[C@H](O)C[C@@H]3CN)ccc2c1. The van der Waals surface area contributed by atoms with Gasteiger partial charge in [0.2, 0.25) is 0 Å². The molecule has 1 saturated heterocycles. The number of benzene rings is 1. The van der Waals surface area contributed by atoms with E-state index in [1.54, 1.807) is 18.1 Å². The van der Waals surface area contributed by atoms with Crippen molar-refractivity contribution in [3.8, 4) is 5.75 Å². The van der Waals surface area contributed by atoms with Crippen molar-refractivity contribution in [1.82, 2.24) is 9.88 Å². The lowest BCUT2D eigenvalue weighted by Gasteiger charge is -2.22. The first kappa shape index (κ1) is 14.7. The molecule has 3 N–H and O–H groups in total. The van der Waals surface area contributed by atoms with Gasteiger partial charge < -0.3 is 20.5 Å². The van der Waals surface area contributed by atoms with E-state index in [1.165, 1.54) is 0 Å².